The second-order valence-corrected chi connectivity index (χ2v) is 5.06. The van der Waals surface area contributed by atoms with Gasteiger partial charge in [0, 0.05) is 13.7 Å². The first-order valence-electron chi connectivity index (χ1n) is 7.06. The molecule has 4 nitrogen and oxygen atoms in total. The number of nitrogens with one attached hydrogen (secondary N) is 2. The number of ether oxygens (including phenoxy) is 1. The highest BCUT2D eigenvalue weighted by molar-refractivity contribution is 5.74. The second kappa shape index (κ2) is 6.52. The summed E-state index contributed by atoms with van der Waals surface area (Å²) in [6.45, 7) is 2.19. The van der Waals surface area contributed by atoms with Gasteiger partial charge in [0.15, 0.2) is 0 Å². The number of aromatic amines is 1. The number of aromatic nitrogens is 2. The molecule has 3 aromatic rings. The molecule has 21 heavy (non-hydrogen) atoms. The SMILES string of the molecule is COCc1cccc(CNCc2nc3ccccc3[nH]2)c1. The Bertz CT molecular complexity index is 688. The molecule has 0 saturated carbocycles. The zero-order valence-electron chi connectivity index (χ0n) is 12.1. The molecule has 0 bridgehead atoms. The molecule has 108 valence electrons. The molecule has 0 saturated heterocycles. The van der Waals surface area contributed by atoms with Gasteiger partial charge in [0.05, 0.1) is 24.2 Å². The monoisotopic (exact) mass is 281 g/mol. The van der Waals surface area contributed by atoms with E-state index in [-0.39, 0.29) is 0 Å². The van der Waals surface area contributed by atoms with Crippen molar-refractivity contribution in [3.8, 4) is 0 Å². The van der Waals surface area contributed by atoms with E-state index in [0.29, 0.717) is 6.61 Å². The topological polar surface area (TPSA) is 49.9 Å². The fraction of sp³-hybridized carbons (Fsp3) is 0.235. The van der Waals surface area contributed by atoms with Crippen molar-refractivity contribution in [2.24, 2.45) is 0 Å². The molecule has 4 heteroatoms. The molecular weight excluding hydrogens is 262 g/mol. The maximum atomic E-state index is 5.15. The third-order valence-electron chi connectivity index (χ3n) is 3.36. The Morgan fingerprint density at radius 2 is 1.90 bits per heavy atom. The lowest BCUT2D eigenvalue weighted by molar-refractivity contribution is 0.185. The normalized spacial score (nSPS) is 11.1. The van der Waals surface area contributed by atoms with Crippen molar-refractivity contribution < 1.29 is 4.74 Å². The molecule has 2 aromatic carbocycles. The lowest BCUT2D eigenvalue weighted by Gasteiger charge is -2.05. The maximum Gasteiger partial charge on any atom is 0.121 e. The number of hydrogen-bond acceptors (Lipinski definition) is 3. The van der Waals surface area contributed by atoms with Crippen LogP contribution in [0.4, 0.5) is 0 Å². The first kappa shape index (κ1) is 13.8. The van der Waals surface area contributed by atoms with Crippen LogP contribution in [0.25, 0.3) is 11.0 Å². The standard InChI is InChI=1S/C17H19N3O/c1-21-12-14-6-4-5-13(9-14)10-18-11-17-19-15-7-2-3-8-16(15)20-17/h2-9,18H,10-12H2,1H3,(H,19,20). The molecule has 1 aromatic heterocycles. The fourth-order valence-corrected chi connectivity index (χ4v) is 2.41. The summed E-state index contributed by atoms with van der Waals surface area (Å²) in [5.41, 5.74) is 4.54. The Kier molecular flexibility index (Phi) is 4.28. The molecule has 0 spiro atoms. The summed E-state index contributed by atoms with van der Waals surface area (Å²) in [4.78, 5) is 7.87. The number of methoxy groups -OCH3 is 1. The van der Waals surface area contributed by atoms with Gasteiger partial charge in [-0.05, 0) is 23.3 Å². The van der Waals surface area contributed by atoms with Gasteiger partial charge in [0.1, 0.15) is 5.82 Å². The Morgan fingerprint density at radius 1 is 1.05 bits per heavy atom. The van der Waals surface area contributed by atoms with Gasteiger partial charge in [-0.2, -0.15) is 0 Å². The van der Waals surface area contributed by atoms with Gasteiger partial charge < -0.3 is 15.0 Å². The minimum absolute atomic E-state index is 0.650. The quantitative estimate of drug-likeness (QED) is 0.730. The summed E-state index contributed by atoms with van der Waals surface area (Å²) in [6.07, 6.45) is 0. The van der Waals surface area contributed by atoms with Crippen LogP contribution in [0.15, 0.2) is 48.5 Å². The van der Waals surface area contributed by atoms with Gasteiger partial charge in [-0.25, -0.2) is 4.98 Å². The van der Waals surface area contributed by atoms with Crippen LogP contribution < -0.4 is 5.32 Å². The number of imidazole rings is 1. The molecule has 3 rings (SSSR count). The van der Waals surface area contributed by atoms with Gasteiger partial charge in [0.25, 0.3) is 0 Å². The van der Waals surface area contributed by atoms with Crippen molar-refractivity contribution in [1.29, 1.82) is 0 Å². The predicted octanol–water partition coefficient (Wildman–Crippen LogP) is 3.00. The summed E-state index contributed by atoms with van der Waals surface area (Å²) in [5.74, 6) is 0.962. The van der Waals surface area contributed by atoms with Crippen LogP contribution in [0.3, 0.4) is 0 Å². The van der Waals surface area contributed by atoms with Crippen molar-refractivity contribution >= 4 is 11.0 Å². The van der Waals surface area contributed by atoms with E-state index in [1.807, 2.05) is 24.3 Å². The highest BCUT2D eigenvalue weighted by Gasteiger charge is 2.01. The summed E-state index contributed by atoms with van der Waals surface area (Å²) in [6, 6.07) is 16.5. The Labute approximate surface area is 124 Å². The molecule has 0 amide bonds. The van der Waals surface area contributed by atoms with Crippen LogP contribution in [-0.4, -0.2) is 17.1 Å². The molecule has 0 atom stereocenters. The smallest absolute Gasteiger partial charge is 0.121 e. The predicted molar refractivity (Wildman–Crippen MR) is 83.8 cm³/mol. The second-order valence-electron chi connectivity index (χ2n) is 5.06. The van der Waals surface area contributed by atoms with E-state index in [4.69, 9.17) is 4.74 Å². The average Bonchev–Trinajstić information content (AvgIpc) is 2.91. The zero-order valence-corrected chi connectivity index (χ0v) is 12.1. The molecule has 0 aliphatic heterocycles. The number of hydrogen-bond donors (Lipinski definition) is 2. The van der Waals surface area contributed by atoms with E-state index in [1.54, 1.807) is 7.11 Å². The summed E-state index contributed by atoms with van der Waals surface area (Å²) in [5, 5.41) is 3.41. The fourth-order valence-electron chi connectivity index (χ4n) is 2.41. The molecule has 2 N–H and O–H groups in total. The van der Waals surface area contributed by atoms with E-state index in [9.17, 15) is 0 Å². The van der Waals surface area contributed by atoms with Crippen LogP contribution >= 0.6 is 0 Å². The van der Waals surface area contributed by atoms with Crippen molar-refractivity contribution in [3.63, 3.8) is 0 Å². The molecule has 0 aliphatic rings. The van der Waals surface area contributed by atoms with Crippen molar-refractivity contribution in [2.75, 3.05) is 7.11 Å². The van der Waals surface area contributed by atoms with E-state index in [0.717, 1.165) is 29.9 Å². The largest absolute Gasteiger partial charge is 0.380 e. The number of nitrogens with zero attached hydrogens (tertiary/aromatic N) is 1. The Morgan fingerprint density at radius 3 is 2.76 bits per heavy atom. The lowest BCUT2D eigenvalue weighted by Crippen LogP contribution is -2.13. The highest BCUT2D eigenvalue weighted by atomic mass is 16.5. The maximum absolute atomic E-state index is 5.15. The minimum atomic E-state index is 0.650. The highest BCUT2D eigenvalue weighted by Crippen LogP contribution is 2.10. The van der Waals surface area contributed by atoms with Crippen molar-refractivity contribution in [1.82, 2.24) is 15.3 Å². The zero-order chi connectivity index (χ0) is 14.5. The number of para-hydroxylation sites is 2. The van der Waals surface area contributed by atoms with Crippen molar-refractivity contribution in [3.05, 3.63) is 65.5 Å². The number of H-pyrrole nitrogens is 1. The summed E-state index contributed by atoms with van der Waals surface area (Å²) in [7, 11) is 1.71. The van der Waals surface area contributed by atoms with Crippen LogP contribution in [0.2, 0.25) is 0 Å². The Balaban J connectivity index is 1.59. The van der Waals surface area contributed by atoms with E-state index >= 15 is 0 Å². The Hall–Kier alpha value is -2.17. The minimum Gasteiger partial charge on any atom is -0.380 e. The third-order valence-corrected chi connectivity index (χ3v) is 3.36. The third kappa shape index (κ3) is 3.48. The first-order chi connectivity index (χ1) is 10.3. The van der Waals surface area contributed by atoms with E-state index in [1.165, 1.54) is 11.1 Å². The van der Waals surface area contributed by atoms with Gasteiger partial charge in [0.2, 0.25) is 0 Å². The van der Waals surface area contributed by atoms with E-state index < -0.39 is 0 Å². The van der Waals surface area contributed by atoms with Crippen molar-refractivity contribution in [2.45, 2.75) is 19.7 Å². The van der Waals surface area contributed by atoms with Crippen LogP contribution in [0, 0.1) is 0 Å². The molecule has 0 aliphatic carbocycles. The summed E-state index contributed by atoms with van der Waals surface area (Å²) >= 11 is 0. The van der Waals surface area contributed by atoms with E-state index in [2.05, 4.69) is 39.6 Å². The van der Waals surface area contributed by atoms with Gasteiger partial charge >= 0.3 is 0 Å². The number of rotatable bonds is 6. The van der Waals surface area contributed by atoms with Gasteiger partial charge in [-0.3, -0.25) is 0 Å². The lowest BCUT2D eigenvalue weighted by atomic mass is 10.1. The molecular formula is C17H19N3O. The summed E-state index contributed by atoms with van der Waals surface area (Å²) < 4.78 is 5.15. The van der Waals surface area contributed by atoms with Crippen LogP contribution in [-0.2, 0) is 24.4 Å². The average molecular weight is 281 g/mol. The number of fused-ring (bicyclic) bond motifs is 1. The molecule has 0 unspecified atom stereocenters. The molecule has 0 fully saturated rings. The molecule has 1 heterocycles. The van der Waals surface area contributed by atoms with Crippen LogP contribution in [0.5, 0.6) is 0 Å². The first-order valence-corrected chi connectivity index (χ1v) is 7.06. The van der Waals surface area contributed by atoms with Gasteiger partial charge in [-0.1, -0.05) is 36.4 Å². The van der Waals surface area contributed by atoms with Gasteiger partial charge in [-0.15, -0.1) is 0 Å². The number of benzene rings is 2. The molecule has 0 radical (unpaired) electrons. The van der Waals surface area contributed by atoms with Crippen LogP contribution in [0.1, 0.15) is 17.0 Å².